The molecule has 2 saturated heterocycles. The van der Waals surface area contributed by atoms with Crippen molar-refractivity contribution in [3.63, 3.8) is 0 Å². The number of ether oxygens (including phenoxy) is 1. The van der Waals surface area contributed by atoms with Crippen molar-refractivity contribution in [3.8, 4) is 0 Å². The molecule has 2 aliphatic rings. The van der Waals surface area contributed by atoms with Crippen molar-refractivity contribution in [2.45, 2.75) is 71.9 Å². The second kappa shape index (κ2) is 10.9. The van der Waals surface area contributed by atoms with Crippen LogP contribution in [0, 0.1) is 5.92 Å². The Hall–Kier alpha value is -1.50. The molecule has 1 amide bonds. The van der Waals surface area contributed by atoms with E-state index in [-0.39, 0.29) is 12.1 Å². The van der Waals surface area contributed by atoms with Crippen LogP contribution in [0.15, 0.2) is 4.99 Å². The van der Waals surface area contributed by atoms with Gasteiger partial charge in [-0.25, -0.2) is 4.79 Å². The maximum atomic E-state index is 12.0. The maximum Gasteiger partial charge on any atom is 0.407 e. The highest BCUT2D eigenvalue weighted by Crippen LogP contribution is 2.16. The summed E-state index contributed by atoms with van der Waals surface area (Å²) >= 11 is 0. The van der Waals surface area contributed by atoms with Gasteiger partial charge in [-0.15, -0.1) is 0 Å². The van der Waals surface area contributed by atoms with Crippen LogP contribution in [0.1, 0.15) is 60.3 Å². The molecule has 0 saturated carbocycles. The SMILES string of the molecule is CCNC(=NCCCN1CCC(C)CC1)N1CCC(NC(=O)OC(C)(C)C)C1. The van der Waals surface area contributed by atoms with E-state index in [9.17, 15) is 4.79 Å². The van der Waals surface area contributed by atoms with Gasteiger partial charge in [-0.3, -0.25) is 4.99 Å². The zero-order valence-corrected chi connectivity index (χ0v) is 18.6. The van der Waals surface area contributed by atoms with Crippen LogP contribution in [0.3, 0.4) is 0 Å². The van der Waals surface area contributed by atoms with Gasteiger partial charge in [-0.2, -0.15) is 0 Å². The molecule has 0 aromatic carbocycles. The van der Waals surface area contributed by atoms with Crippen molar-refractivity contribution in [2.24, 2.45) is 10.9 Å². The minimum absolute atomic E-state index is 0.106. The number of rotatable bonds is 6. The highest BCUT2D eigenvalue weighted by Gasteiger charge is 2.27. The summed E-state index contributed by atoms with van der Waals surface area (Å²) in [4.78, 5) is 21.6. The van der Waals surface area contributed by atoms with E-state index in [2.05, 4.69) is 34.3 Å². The zero-order valence-electron chi connectivity index (χ0n) is 18.6. The number of likely N-dealkylation sites (tertiary alicyclic amines) is 2. The van der Waals surface area contributed by atoms with Crippen molar-refractivity contribution in [1.82, 2.24) is 20.4 Å². The molecule has 28 heavy (non-hydrogen) atoms. The molecule has 2 N–H and O–H groups in total. The van der Waals surface area contributed by atoms with Crippen LogP contribution in [0.5, 0.6) is 0 Å². The van der Waals surface area contributed by atoms with Gasteiger partial charge in [0.2, 0.25) is 0 Å². The topological polar surface area (TPSA) is 69.2 Å². The van der Waals surface area contributed by atoms with Crippen LogP contribution < -0.4 is 10.6 Å². The van der Waals surface area contributed by atoms with Crippen LogP contribution in [0.25, 0.3) is 0 Å². The molecule has 2 rings (SSSR count). The fourth-order valence-electron chi connectivity index (χ4n) is 3.74. The molecule has 0 aromatic heterocycles. The number of amides is 1. The Labute approximate surface area is 171 Å². The largest absolute Gasteiger partial charge is 0.444 e. The molecule has 0 spiro atoms. The van der Waals surface area contributed by atoms with Crippen LogP contribution in [0.2, 0.25) is 0 Å². The second-order valence-electron chi connectivity index (χ2n) is 9.19. The van der Waals surface area contributed by atoms with Gasteiger partial charge < -0.3 is 25.2 Å². The number of carbonyl (C=O) groups excluding carboxylic acids is 1. The van der Waals surface area contributed by atoms with Crippen molar-refractivity contribution in [1.29, 1.82) is 0 Å². The first-order chi connectivity index (χ1) is 13.3. The highest BCUT2D eigenvalue weighted by atomic mass is 16.6. The third-order valence-electron chi connectivity index (χ3n) is 5.31. The number of piperidine rings is 1. The molecule has 0 aromatic rings. The molecule has 7 nitrogen and oxygen atoms in total. The molecule has 0 aliphatic carbocycles. The number of alkyl carbamates (subject to hydrolysis) is 1. The first kappa shape index (κ1) is 22.8. The molecule has 7 heteroatoms. The predicted molar refractivity (Wildman–Crippen MR) is 115 cm³/mol. The molecule has 0 radical (unpaired) electrons. The van der Waals surface area contributed by atoms with Gasteiger partial charge in [0, 0.05) is 26.2 Å². The molecule has 162 valence electrons. The number of guanidine groups is 1. The number of aliphatic imine (C=N–C) groups is 1. The maximum absolute atomic E-state index is 12.0. The highest BCUT2D eigenvalue weighted by molar-refractivity contribution is 5.80. The van der Waals surface area contributed by atoms with Crippen molar-refractivity contribution < 1.29 is 9.53 Å². The average molecular weight is 396 g/mol. The summed E-state index contributed by atoms with van der Waals surface area (Å²) < 4.78 is 5.37. The zero-order chi connectivity index (χ0) is 20.6. The first-order valence-electron chi connectivity index (χ1n) is 11.0. The van der Waals surface area contributed by atoms with E-state index in [0.29, 0.717) is 0 Å². The molecular formula is C21H41N5O2. The molecule has 2 heterocycles. The predicted octanol–water partition coefficient (Wildman–Crippen LogP) is 2.67. The summed E-state index contributed by atoms with van der Waals surface area (Å²) in [5, 5.41) is 6.38. The standard InChI is InChI=1S/C21H41N5O2/c1-6-22-19(23-11-7-12-25-13-8-17(2)9-14-25)26-15-10-18(16-26)24-20(27)28-21(3,4)5/h17-18H,6-16H2,1-5H3,(H,22,23)(H,24,27). The molecule has 1 atom stereocenters. The van der Waals surface area contributed by atoms with Gasteiger partial charge in [0.15, 0.2) is 5.96 Å². The van der Waals surface area contributed by atoms with E-state index in [1.165, 1.54) is 25.9 Å². The number of hydrogen-bond donors (Lipinski definition) is 2. The van der Waals surface area contributed by atoms with E-state index in [0.717, 1.165) is 57.4 Å². The lowest BCUT2D eigenvalue weighted by atomic mass is 9.99. The Morgan fingerprint density at radius 3 is 2.54 bits per heavy atom. The monoisotopic (exact) mass is 395 g/mol. The minimum atomic E-state index is -0.467. The molecule has 1 unspecified atom stereocenters. The third kappa shape index (κ3) is 8.25. The van der Waals surface area contributed by atoms with Crippen LogP contribution in [-0.2, 0) is 4.74 Å². The van der Waals surface area contributed by atoms with Gasteiger partial charge >= 0.3 is 6.09 Å². The Bertz CT molecular complexity index is 509. The van der Waals surface area contributed by atoms with Gasteiger partial charge in [-0.05, 0) is 78.9 Å². The summed E-state index contributed by atoms with van der Waals surface area (Å²) in [7, 11) is 0. The Kier molecular flexibility index (Phi) is 8.86. The smallest absolute Gasteiger partial charge is 0.407 e. The van der Waals surface area contributed by atoms with E-state index < -0.39 is 5.60 Å². The lowest BCUT2D eigenvalue weighted by Crippen LogP contribution is -2.44. The van der Waals surface area contributed by atoms with Gasteiger partial charge in [0.05, 0.1) is 6.04 Å². The normalized spacial score (nSPS) is 22.4. The van der Waals surface area contributed by atoms with E-state index in [4.69, 9.17) is 9.73 Å². The van der Waals surface area contributed by atoms with Crippen LogP contribution in [0.4, 0.5) is 4.79 Å². The third-order valence-corrected chi connectivity index (χ3v) is 5.31. The molecule has 2 fully saturated rings. The van der Waals surface area contributed by atoms with E-state index in [1.54, 1.807) is 0 Å². The number of carbonyl (C=O) groups is 1. The molecular weight excluding hydrogens is 354 g/mol. The summed E-state index contributed by atoms with van der Waals surface area (Å²) in [5.41, 5.74) is -0.467. The fourth-order valence-corrected chi connectivity index (χ4v) is 3.74. The molecule has 2 aliphatic heterocycles. The lowest BCUT2D eigenvalue weighted by molar-refractivity contribution is 0.0507. The van der Waals surface area contributed by atoms with E-state index >= 15 is 0 Å². The van der Waals surface area contributed by atoms with Gasteiger partial charge in [0.25, 0.3) is 0 Å². The second-order valence-corrected chi connectivity index (χ2v) is 9.19. The molecule has 0 bridgehead atoms. The van der Waals surface area contributed by atoms with Gasteiger partial charge in [-0.1, -0.05) is 6.92 Å². The summed E-state index contributed by atoms with van der Waals surface area (Å²) in [6.07, 6.45) is 4.32. The summed E-state index contributed by atoms with van der Waals surface area (Å²) in [6, 6.07) is 0.106. The fraction of sp³-hybridized carbons (Fsp3) is 0.905. The van der Waals surface area contributed by atoms with E-state index in [1.807, 2.05) is 20.8 Å². The average Bonchev–Trinajstić information content (AvgIpc) is 3.05. The number of nitrogens with one attached hydrogen (secondary N) is 2. The lowest BCUT2D eigenvalue weighted by Gasteiger charge is -2.30. The summed E-state index contributed by atoms with van der Waals surface area (Å²) in [6.45, 7) is 17.1. The number of hydrogen-bond acceptors (Lipinski definition) is 4. The van der Waals surface area contributed by atoms with Crippen LogP contribution in [-0.4, -0.2) is 79.3 Å². The Balaban J connectivity index is 1.74. The summed E-state index contributed by atoms with van der Waals surface area (Å²) in [5.74, 6) is 1.84. The van der Waals surface area contributed by atoms with Crippen molar-refractivity contribution in [2.75, 3.05) is 45.8 Å². The van der Waals surface area contributed by atoms with Crippen molar-refractivity contribution in [3.05, 3.63) is 0 Å². The quantitative estimate of drug-likeness (QED) is 0.411. The first-order valence-corrected chi connectivity index (χ1v) is 11.0. The van der Waals surface area contributed by atoms with Crippen LogP contribution >= 0.6 is 0 Å². The Morgan fingerprint density at radius 2 is 1.89 bits per heavy atom. The van der Waals surface area contributed by atoms with Gasteiger partial charge in [0.1, 0.15) is 5.60 Å². The van der Waals surface area contributed by atoms with Crippen molar-refractivity contribution >= 4 is 12.1 Å². The number of nitrogens with zero attached hydrogens (tertiary/aromatic N) is 3. The Morgan fingerprint density at radius 1 is 1.18 bits per heavy atom. The minimum Gasteiger partial charge on any atom is -0.444 e.